The minimum atomic E-state index is 0.231. The van der Waals surface area contributed by atoms with E-state index in [-0.39, 0.29) is 5.91 Å². The molecular weight excluding hydrogens is 182 g/mol. The zero-order chi connectivity index (χ0) is 9.68. The lowest BCUT2D eigenvalue weighted by molar-refractivity contribution is -0.129. The number of amides is 1. The van der Waals surface area contributed by atoms with Crippen LogP contribution >= 0.6 is 12.6 Å². The van der Waals surface area contributed by atoms with Crippen LogP contribution in [0.4, 0.5) is 0 Å². The Morgan fingerprint density at radius 3 is 2.69 bits per heavy atom. The van der Waals surface area contributed by atoms with Crippen LogP contribution in [0, 0.1) is 5.92 Å². The Bertz CT molecular complexity index is 168. The summed E-state index contributed by atoms with van der Waals surface area (Å²) in [5.41, 5.74) is 0. The molecule has 1 amide bonds. The summed E-state index contributed by atoms with van der Waals surface area (Å²) in [5.74, 6) is 1.78. The molecule has 1 fully saturated rings. The molecule has 0 atom stereocenters. The van der Waals surface area contributed by atoms with E-state index >= 15 is 0 Å². The molecule has 0 aromatic carbocycles. The first-order valence-corrected chi connectivity index (χ1v) is 5.72. The molecule has 2 nitrogen and oxygen atoms in total. The highest BCUT2D eigenvalue weighted by atomic mass is 32.1. The van der Waals surface area contributed by atoms with Crippen molar-refractivity contribution in [1.29, 1.82) is 0 Å². The van der Waals surface area contributed by atoms with Gasteiger partial charge in [0.1, 0.15) is 0 Å². The van der Waals surface area contributed by atoms with Gasteiger partial charge in [-0.15, -0.1) is 0 Å². The van der Waals surface area contributed by atoms with Crippen LogP contribution in [0.25, 0.3) is 0 Å². The maximum absolute atomic E-state index is 11.3. The van der Waals surface area contributed by atoms with Crippen molar-refractivity contribution in [3.05, 3.63) is 0 Å². The molecule has 0 heterocycles. The van der Waals surface area contributed by atoms with E-state index in [0.717, 1.165) is 12.5 Å². The molecule has 13 heavy (non-hydrogen) atoms. The van der Waals surface area contributed by atoms with Crippen molar-refractivity contribution in [3.63, 3.8) is 0 Å². The summed E-state index contributed by atoms with van der Waals surface area (Å²) in [5, 5.41) is 0. The van der Waals surface area contributed by atoms with Gasteiger partial charge < -0.3 is 4.90 Å². The van der Waals surface area contributed by atoms with E-state index < -0.39 is 0 Å². The molecule has 1 aliphatic rings. The number of carbonyl (C=O) groups is 1. The highest BCUT2D eigenvalue weighted by molar-refractivity contribution is 7.80. The van der Waals surface area contributed by atoms with Gasteiger partial charge in [0.2, 0.25) is 5.91 Å². The topological polar surface area (TPSA) is 20.3 Å². The van der Waals surface area contributed by atoms with Crippen molar-refractivity contribution in [3.8, 4) is 0 Å². The van der Waals surface area contributed by atoms with Gasteiger partial charge in [0.05, 0.1) is 0 Å². The minimum Gasteiger partial charge on any atom is -0.346 e. The zero-order valence-electron chi connectivity index (χ0n) is 8.33. The molecule has 0 aromatic rings. The lowest BCUT2D eigenvalue weighted by Crippen LogP contribution is -2.30. The maximum atomic E-state index is 11.3. The SMILES string of the molecule is CN(CCC1CCC1)C(=O)CCS. The zero-order valence-corrected chi connectivity index (χ0v) is 9.22. The number of hydrogen-bond donors (Lipinski definition) is 1. The molecule has 0 saturated heterocycles. The van der Waals surface area contributed by atoms with Gasteiger partial charge >= 0.3 is 0 Å². The van der Waals surface area contributed by atoms with E-state index in [0.29, 0.717) is 12.2 Å². The van der Waals surface area contributed by atoms with Crippen LogP contribution in [0.2, 0.25) is 0 Å². The van der Waals surface area contributed by atoms with Crippen molar-refractivity contribution in [2.24, 2.45) is 5.92 Å². The van der Waals surface area contributed by atoms with Crippen molar-refractivity contribution in [1.82, 2.24) is 4.90 Å². The Labute approximate surface area is 86.1 Å². The third kappa shape index (κ3) is 3.59. The first kappa shape index (κ1) is 10.9. The molecule has 0 aromatic heterocycles. The third-order valence-corrected chi connectivity index (χ3v) is 3.07. The summed E-state index contributed by atoms with van der Waals surface area (Å²) in [7, 11) is 1.89. The summed E-state index contributed by atoms with van der Waals surface area (Å²) in [4.78, 5) is 13.2. The second-order valence-electron chi connectivity index (χ2n) is 3.87. The molecule has 1 saturated carbocycles. The summed E-state index contributed by atoms with van der Waals surface area (Å²) >= 11 is 4.05. The van der Waals surface area contributed by atoms with Gasteiger partial charge in [-0.1, -0.05) is 19.3 Å². The molecular formula is C10H19NOS. The van der Waals surface area contributed by atoms with Crippen LogP contribution in [0.1, 0.15) is 32.1 Å². The summed E-state index contributed by atoms with van der Waals surface area (Å²) in [6.45, 7) is 0.928. The Hall–Kier alpha value is -0.180. The second-order valence-corrected chi connectivity index (χ2v) is 4.32. The van der Waals surface area contributed by atoms with Crippen LogP contribution in [-0.4, -0.2) is 30.2 Å². The highest BCUT2D eigenvalue weighted by Gasteiger charge is 2.18. The van der Waals surface area contributed by atoms with Crippen molar-refractivity contribution < 1.29 is 4.79 Å². The quantitative estimate of drug-likeness (QED) is 0.674. The predicted molar refractivity (Wildman–Crippen MR) is 58.1 cm³/mol. The molecule has 3 heteroatoms. The van der Waals surface area contributed by atoms with Gasteiger partial charge in [0.25, 0.3) is 0 Å². The molecule has 0 N–H and O–H groups in total. The van der Waals surface area contributed by atoms with Crippen molar-refractivity contribution >= 4 is 18.5 Å². The largest absolute Gasteiger partial charge is 0.346 e. The van der Waals surface area contributed by atoms with E-state index in [1.54, 1.807) is 0 Å². The Morgan fingerprint density at radius 2 is 2.23 bits per heavy atom. The first-order valence-electron chi connectivity index (χ1n) is 5.09. The maximum Gasteiger partial charge on any atom is 0.223 e. The molecule has 0 spiro atoms. The van der Waals surface area contributed by atoms with Crippen molar-refractivity contribution in [2.75, 3.05) is 19.3 Å². The average Bonchev–Trinajstić information content (AvgIpc) is 2.01. The molecule has 76 valence electrons. The minimum absolute atomic E-state index is 0.231. The fourth-order valence-corrected chi connectivity index (χ4v) is 1.76. The lowest BCUT2D eigenvalue weighted by atomic mass is 9.83. The van der Waals surface area contributed by atoms with E-state index in [1.807, 2.05) is 11.9 Å². The van der Waals surface area contributed by atoms with Gasteiger partial charge in [-0.25, -0.2) is 0 Å². The molecule has 1 aliphatic carbocycles. The summed E-state index contributed by atoms with van der Waals surface area (Å²) in [6.07, 6.45) is 5.89. The molecule has 0 bridgehead atoms. The molecule has 0 unspecified atom stereocenters. The van der Waals surface area contributed by atoms with E-state index in [2.05, 4.69) is 12.6 Å². The third-order valence-electron chi connectivity index (χ3n) is 2.85. The van der Waals surface area contributed by atoms with E-state index in [9.17, 15) is 4.79 Å². The van der Waals surface area contributed by atoms with Crippen LogP contribution in [0.15, 0.2) is 0 Å². The number of rotatable bonds is 5. The number of thiol groups is 1. The average molecular weight is 201 g/mol. The summed E-state index contributed by atoms with van der Waals surface area (Å²) in [6, 6.07) is 0. The first-order chi connectivity index (χ1) is 6.24. The van der Waals surface area contributed by atoms with Gasteiger partial charge in [0.15, 0.2) is 0 Å². The fraction of sp³-hybridized carbons (Fsp3) is 0.900. The number of hydrogen-bond acceptors (Lipinski definition) is 2. The van der Waals surface area contributed by atoms with Gasteiger partial charge in [0, 0.05) is 20.0 Å². The molecule has 0 aliphatic heterocycles. The smallest absolute Gasteiger partial charge is 0.223 e. The second kappa shape index (κ2) is 5.53. The standard InChI is InChI=1S/C10H19NOS/c1-11(10(12)6-8-13)7-5-9-3-2-4-9/h9,13H,2-8H2,1H3. The lowest BCUT2D eigenvalue weighted by Gasteiger charge is -2.27. The van der Waals surface area contributed by atoms with Crippen LogP contribution < -0.4 is 0 Å². The number of carbonyl (C=O) groups excluding carboxylic acids is 1. The van der Waals surface area contributed by atoms with Gasteiger partial charge in [-0.2, -0.15) is 12.6 Å². The fourth-order valence-electron chi connectivity index (χ4n) is 1.57. The monoisotopic (exact) mass is 201 g/mol. The predicted octanol–water partition coefficient (Wildman–Crippen LogP) is 1.95. The summed E-state index contributed by atoms with van der Waals surface area (Å²) < 4.78 is 0. The molecule has 0 radical (unpaired) electrons. The highest BCUT2D eigenvalue weighted by Crippen LogP contribution is 2.29. The van der Waals surface area contributed by atoms with Gasteiger partial charge in [-0.3, -0.25) is 4.79 Å². The Balaban J connectivity index is 2.08. The molecule has 1 rings (SSSR count). The number of nitrogens with zero attached hydrogens (tertiary/aromatic N) is 1. The normalized spacial score (nSPS) is 16.8. The van der Waals surface area contributed by atoms with E-state index in [1.165, 1.54) is 25.7 Å². The Morgan fingerprint density at radius 1 is 1.54 bits per heavy atom. The van der Waals surface area contributed by atoms with Gasteiger partial charge in [-0.05, 0) is 18.1 Å². The van der Waals surface area contributed by atoms with E-state index in [4.69, 9.17) is 0 Å². The Kier molecular flexibility index (Phi) is 4.64. The van der Waals surface area contributed by atoms with Crippen molar-refractivity contribution in [2.45, 2.75) is 32.1 Å². The van der Waals surface area contributed by atoms with Crippen LogP contribution in [-0.2, 0) is 4.79 Å². The van der Waals surface area contributed by atoms with Crippen LogP contribution in [0.3, 0.4) is 0 Å². The van der Waals surface area contributed by atoms with Crippen LogP contribution in [0.5, 0.6) is 0 Å².